The molecular weight excluding hydrogens is 662 g/mol. The van der Waals surface area contributed by atoms with Crippen LogP contribution < -0.4 is 21.3 Å². The van der Waals surface area contributed by atoms with Crippen LogP contribution in [0.5, 0.6) is 0 Å². The monoisotopic (exact) mass is 717 g/mol. The van der Waals surface area contributed by atoms with Gasteiger partial charge in [-0.1, -0.05) is 83.7 Å². The SMILES string of the molecule is CCC[C@H](NC(=O)[C@@H]1C2CCC(C2)N1C(=O)[C@@H](NC(=O)[C@@H](NC(=O)c1ncc[nH]1)C1CCCCC1)C(C)(C)C)C(=O)C(=O)N[C@@H](C)c1ccccc1. The maximum absolute atomic E-state index is 14.6. The Labute approximate surface area is 306 Å². The maximum atomic E-state index is 14.6. The van der Waals surface area contributed by atoms with Gasteiger partial charge in [-0.25, -0.2) is 4.98 Å². The van der Waals surface area contributed by atoms with Gasteiger partial charge in [-0.15, -0.1) is 0 Å². The summed E-state index contributed by atoms with van der Waals surface area (Å²) in [7, 11) is 0. The number of piperidine rings is 1. The maximum Gasteiger partial charge on any atom is 0.290 e. The van der Waals surface area contributed by atoms with Crippen molar-refractivity contribution in [3.63, 3.8) is 0 Å². The number of Topliss-reactive ketones (excluding diaryl/α,β-unsaturated/α-hetero) is 1. The Morgan fingerprint density at radius 2 is 1.63 bits per heavy atom. The van der Waals surface area contributed by atoms with Gasteiger partial charge in [0.1, 0.15) is 18.1 Å². The minimum Gasteiger partial charge on any atom is -0.344 e. The van der Waals surface area contributed by atoms with Crippen molar-refractivity contribution in [3.8, 4) is 0 Å². The highest BCUT2D eigenvalue weighted by Crippen LogP contribution is 2.44. The van der Waals surface area contributed by atoms with E-state index in [-0.39, 0.29) is 36.0 Å². The van der Waals surface area contributed by atoms with Gasteiger partial charge >= 0.3 is 0 Å². The number of amides is 5. The zero-order valence-electron chi connectivity index (χ0n) is 31.1. The number of imidazole rings is 1. The van der Waals surface area contributed by atoms with E-state index in [0.717, 1.165) is 50.5 Å². The number of carbonyl (C=O) groups excluding carboxylic acids is 6. The van der Waals surface area contributed by atoms with Crippen molar-refractivity contribution in [1.29, 1.82) is 0 Å². The predicted octanol–water partition coefficient (Wildman–Crippen LogP) is 3.73. The average molecular weight is 718 g/mol. The van der Waals surface area contributed by atoms with Crippen molar-refractivity contribution in [1.82, 2.24) is 36.1 Å². The first-order valence-corrected chi connectivity index (χ1v) is 18.9. The van der Waals surface area contributed by atoms with Gasteiger partial charge in [0.05, 0.1) is 12.1 Å². The summed E-state index contributed by atoms with van der Waals surface area (Å²) < 4.78 is 0. The molecule has 1 aromatic heterocycles. The number of benzene rings is 1. The van der Waals surface area contributed by atoms with Gasteiger partial charge in [0.25, 0.3) is 11.8 Å². The minimum absolute atomic E-state index is 0.0991. The number of ketones is 1. The molecule has 5 N–H and O–H groups in total. The first kappa shape index (κ1) is 38.7. The molecule has 2 saturated carbocycles. The fraction of sp³-hybridized carbons (Fsp3) is 0.615. The molecule has 1 aliphatic heterocycles. The van der Waals surface area contributed by atoms with Gasteiger partial charge in [-0.3, -0.25) is 28.8 Å². The quantitative estimate of drug-likeness (QED) is 0.185. The van der Waals surface area contributed by atoms with Crippen LogP contribution in [0.25, 0.3) is 0 Å². The van der Waals surface area contributed by atoms with Crippen LogP contribution in [0.3, 0.4) is 0 Å². The molecule has 3 aliphatic rings. The Hall–Kier alpha value is -4.55. The Morgan fingerprint density at radius 3 is 2.27 bits per heavy atom. The van der Waals surface area contributed by atoms with Crippen molar-refractivity contribution >= 4 is 35.3 Å². The third-order valence-corrected chi connectivity index (χ3v) is 11.0. The van der Waals surface area contributed by atoms with Crippen LogP contribution in [0.15, 0.2) is 42.7 Å². The molecule has 2 aromatic rings. The van der Waals surface area contributed by atoms with E-state index in [1.807, 2.05) is 58.0 Å². The molecular formula is C39H55N7O6. The smallest absolute Gasteiger partial charge is 0.290 e. The van der Waals surface area contributed by atoms with E-state index < -0.39 is 65.0 Å². The molecule has 5 rings (SSSR count). The third-order valence-electron chi connectivity index (χ3n) is 11.0. The van der Waals surface area contributed by atoms with Crippen molar-refractivity contribution < 1.29 is 28.8 Å². The molecule has 52 heavy (non-hydrogen) atoms. The lowest BCUT2D eigenvalue weighted by Gasteiger charge is -2.41. The number of nitrogens with zero attached hydrogens (tertiary/aromatic N) is 2. The van der Waals surface area contributed by atoms with Crippen molar-refractivity contribution in [2.45, 2.75) is 135 Å². The Morgan fingerprint density at radius 1 is 0.923 bits per heavy atom. The summed E-state index contributed by atoms with van der Waals surface area (Å²) in [6, 6.07) is 4.93. The molecule has 0 radical (unpaired) electrons. The number of hydrogen-bond acceptors (Lipinski definition) is 7. The number of fused-ring (bicyclic) bond motifs is 2. The highest BCUT2D eigenvalue weighted by molar-refractivity contribution is 6.38. The second kappa shape index (κ2) is 16.9. The molecule has 2 unspecified atom stereocenters. The fourth-order valence-corrected chi connectivity index (χ4v) is 8.20. The largest absolute Gasteiger partial charge is 0.344 e. The number of carbonyl (C=O) groups is 6. The highest BCUT2D eigenvalue weighted by Gasteiger charge is 2.54. The van der Waals surface area contributed by atoms with Crippen LogP contribution in [0.2, 0.25) is 0 Å². The molecule has 7 atom stereocenters. The van der Waals surface area contributed by atoms with Crippen molar-refractivity contribution in [3.05, 3.63) is 54.1 Å². The summed E-state index contributed by atoms with van der Waals surface area (Å²) in [5.41, 5.74) is 0.104. The van der Waals surface area contributed by atoms with E-state index in [0.29, 0.717) is 12.8 Å². The Kier molecular flexibility index (Phi) is 12.5. The van der Waals surface area contributed by atoms with Gasteiger partial charge in [-0.2, -0.15) is 0 Å². The summed E-state index contributed by atoms with van der Waals surface area (Å²) in [4.78, 5) is 91.0. The second-order valence-corrected chi connectivity index (χ2v) is 15.8. The number of rotatable bonds is 14. The first-order valence-electron chi connectivity index (χ1n) is 18.9. The fourth-order valence-electron chi connectivity index (χ4n) is 8.20. The normalized spacial score (nSPS) is 22.5. The molecule has 1 saturated heterocycles. The number of hydrogen-bond donors (Lipinski definition) is 5. The summed E-state index contributed by atoms with van der Waals surface area (Å²) in [5.74, 6) is -3.42. The number of nitrogens with one attached hydrogen (secondary N) is 5. The van der Waals surface area contributed by atoms with Crippen LogP contribution in [0, 0.1) is 17.3 Å². The predicted molar refractivity (Wildman–Crippen MR) is 194 cm³/mol. The Balaban J connectivity index is 1.32. The number of aromatic nitrogens is 2. The lowest BCUT2D eigenvalue weighted by Crippen LogP contribution is -2.64. The topological polar surface area (TPSA) is 182 Å². The number of H-pyrrole nitrogens is 1. The molecule has 0 spiro atoms. The standard InChI is InChI=1S/C39H55N7O6/c1-6-13-28(31(47)36(50)42-23(2)24-14-9-7-10-15-24)43-35(49)30-26-18-19-27(22-26)46(30)38(52)32(39(3,4)5)45-34(48)29(25-16-11-8-12-17-25)44-37(51)33-40-20-21-41-33/h7,9-10,14-15,20-21,23,25-30,32H,6,8,11-13,16-19,22H2,1-5H3,(H,40,41)(H,42,50)(H,43,49)(H,44,51)(H,45,48)/t23-,26?,27?,28-,29-,30-,32+/m0/s1. The molecule has 2 heterocycles. The molecule has 2 aliphatic carbocycles. The third kappa shape index (κ3) is 8.90. The van der Waals surface area contributed by atoms with Crippen molar-refractivity contribution in [2.24, 2.45) is 17.3 Å². The second-order valence-electron chi connectivity index (χ2n) is 15.8. The van der Waals surface area contributed by atoms with E-state index in [1.54, 1.807) is 11.8 Å². The van der Waals surface area contributed by atoms with E-state index in [9.17, 15) is 28.8 Å². The molecule has 1 aromatic carbocycles. The molecule has 3 fully saturated rings. The minimum atomic E-state index is -1.05. The lowest BCUT2D eigenvalue weighted by atomic mass is 9.81. The van der Waals surface area contributed by atoms with Gasteiger partial charge in [0, 0.05) is 18.4 Å². The summed E-state index contributed by atoms with van der Waals surface area (Å²) >= 11 is 0. The molecule has 282 valence electrons. The van der Waals surface area contributed by atoms with Crippen LogP contribution in [-0.4, -0.2) is 80.4 Å². The van der Waals surface area contributed by atoms with Crippen molar-refractivity contribution in [2.75, 3.05) is 0 Å². The van der Waals surface area contributed by atoms with E-state index in [2.05, 4.69) is 31.2 Å². The van der Waals surface area contributed by atoms with E-state index >= 15 is 0 Å². The van der Waals surface area contributed by atoms with Gasteiger partial charge in [-0.05, 0) is 68.3 Å². The van der Waals surface area contributed by atoms with Gasteiger partial charge < -0.3 is 31.2 Å². The summed E-state index contributed by atoms with van der Waals surface area (Å²) in [5, 5.41) is 11.5. The molecule has 2 bridgehead atoms. The highest BCUT2D eigenvalue weighted by atomic mass is 16.2. The van der Waals surface area contributed by atoms with E-state index in [4.69, 9.17) is 0 Å². The Bertz CT molecular complexity index is 1580. The van der Waals surface area contributed by atoms with Crippen LogP contribution in [0.1, 0.15) is 121 Å². The van der Waals surface area contributed by atoms with Crippen LogP contribution in [-0.2, 0) is 24.0 Å². The molecule has 13 nitrogen and oxygen atoms in total. The average Bonchev–Trinajstić information content (AvgIpc) is 3.91. The first-order chi connectivity index (χ1) is 24.8. The lowest BCUT2D eigenvalue weighted by molar-refractivity contribution is -0.149. The zero-order chi connectivity index (χ0) is 37.6. The van der Waals surface area contributed by atoms with Gasteiger partial charge in [0.2, 0.25) is 23.5 Å². The number of aromatic amines is 1. The van der Waals surface area contributed by atoms with Crippen LogP contribution in [0.4, 0.5) is 0 Å². The number of likely N-dealkylation sites (tertiary alicyclic amines) is 1. The van der Waals surface area contributed by atoms with Gasteiger partial charge in [0.15, 0.2) is 5.82 Å². The zero-order valence-corrected chi connectivity index (χ0v) is 31.1. The summed E-state index contributed by atoms with van der Waals surface area (Å²) in [6.45, 7) is 9.25. The molecule has 5 amide bonds. The summed E-state index contributed by atoms with van der Waals surface area (Å²) in [6.07, 6.45) is 10.4. The molecule has 13 heteroatoms. The van der Waals surface area contributed by atoms with Crippen LogP contribution >= 0.6 is 0 Å². The van der Waals surface area contributed by atoms with E-state index in [1.165, 1.54) is 12.4 Å².